The molecule has 2 aliphatic rings. The van der Waals surface area contributed by atoms with Crippen molar-refractivity contribution in [1.29, 1.82) is 0 Å². The molecule has 2 unspecified atom stereocenters. The number of H-pyrrole nitrogens is 1. The van der Waals surface area contributed by atoms with E-state index in [1.54, 1.807) is 6.07 Å². The lowest BCUT2D eigenvalue weighted by molar-refractivity contribution is -0.141. The highest BCUT2D eigenvalue weighted by molar-refractivity contribution is 6.09. The van der Waals surface area contributed by atoms with Crippen molar-refractivity contribution in [3.63, 3.8) is 0 Å². The summed E-state index contributed by atoms with van der Waals surface area (Å²) in [7, 11) is 0. The topological polar surface area (TPSA) is 124 Å². The third-order valence-electron chi connectivity index (χ3n) is 6.07. The van der Waals surface area contributed by atoms with E-state index in [1.165, 1.54) is 12.3 Å². The Balaban J connectivity index is 1.53. The molecule has 1 fully saturated rings. The van der Waals surface area contributed by atoms with Crippen molar-refractivity contribution in [2.75, 3.05) is 10.6 Å². The molecule has 0 saturated heterocycles. The van der Waals surface area contributed by atoms with Gasteiger partial charge in [-0.15, -0.1) is 0 Å². The lowest BCUT2D eigenvalue weighted by Gasteiger charge is -2.18. The van der Waals surface area contributed by atoms with E-state index in [-0.39, 0.29) is 24.4 Å². The number of para-hydroxylation sites is 1. The maximum atomic E-state index is 13.2. The molecular formula is C24H20F2N4O4. The van der Waals surface area contributed by atoms with Crippen LogP contribution in [0.3, 0.4) is 0 Å². The van der Waals surface area contributed by atoms with E-state index in [0.717, 1.165) is 5.69 Å². The van der Waals surface area contributed by atoms with Gasteiger partial charge in [0.1, 0.15) is 11.7 Å². The summed E-state index contributed by atoms with van der Waals surface area (Å²) >= 11 is 0. The van der Waals surface area contributed by atoms with Gasteiger partial charge in [-0.1, -0.05) is 18.2 Å². The van der Waals surface area contributed by atoms with Crippen LogP contribution in [-0.4, -0.2) is 38.7 Å². The van der Waals surface area contributed by atoms with E-state index in [4.69, 9.17) is 0 Å². The number of amides is 1. The van der Waals surface area contributed by atoms with Gasteiger partial charge in [-0.05, 0) is 24.3 Å². The van der Waals surface area contributed by atoms with Gasteiger partial charge in [0, 0.05) is 42.4 Å². The number of alkyl halides is 2. The number of rotatable bonds is 6. The minimum Gasteiger partial charge on any atom is -0.481 e. The van der Waals surface area contributed by atoms with E-state index >= 15 is 0 Å². The number of hydrogen-bond donors (Lipinski definition) is 4. The second-order valence-electron chi connectivity index (χ2n) is 8.52. The molecule has 1 saturated carbocycles. The van der Waals surface area contributed by atoms with Crippen molar-refractivity contribution in [3.8, 4) is 11.3 Å². The third kappa shape index (κ3) is 4.02. The number of aromatic amines is 1. The van der Waals surface area contributed by atoms with E-state index in [1.807, 2.05) is 30.3 Å². The first-order chi connectivity index (χ1) is 16.2. The normalized spacial score (nSPS) is 20.4. The molecule has 10 heteroatoms. The largest absolute Gasteiger partial charge is 0.481 e. The van der Waals surface area contributed by atoms with Crippen LogP contribution in [0.25, 0.3) is 11.3 Å². The van der Waals surface area contributed by atoms with Crippen molar-refractivity contribution in [2.24, 2.45) is 11.8 Å². The quantitative estimate of drug-likeness (QED) is 0.431. The number of fused-ring (bicyclic) bond motifs is 1. The molecule has 2 aromatic heterocycles. The summed E-state index contributed by atoms with van der Waals surface area (Å²) in [5, 5.41) is 15.1. The first-order valence-corrected chi connectivity index (χ1v) is 10.7. The number of halogens is 2. The summed E-state index contributed by atoms with van der Waals surface area (Å²) in [6, 6.07) is 12.3. The summed E-state index contributed by atoms with van der Waals surface area (Å²) < 4.78 is 26.5. The number of nitrogens with one attached hydrogen (secondary N) is 3. The van der Waals surface area contributed by atoms with Gasteiger partial charge in [0.05, 0.1) is 22.9 Å². The van der Waals surface area contributed by atoms with Crippen molar-refractivity contribution in [2.45, 2.75) is 25.2 Å². The minimum absolute atomic E-state index is 0.0955. The lowest BCUT2D eigenvalue weighted by atomic mass is 9.86. The number of nitrogens with zero attached hydrogens (tertiary/aromatic N) is 1. The summed E-state index contributed by atoms with van der Waals surface area (Å²) in [6.45, 7) is 0. The van der Waals surface area contributed by atoms with Gasteiger partial charge in [-0.2, -0.15) is 0 Å². The van der Waals surface area contributed by atoms with Crippen LogP contribution in [-0.2, 0) is 16.0 Å². The van der Waals surface area contributed by atoms with Crippen LogP contribution in [0.5, 0.6) is 0 Å². The number of pyridine rings is 1. The van der Waals surface area contributed by atoms with Crippen molar-refractivity contribution in [1.82, 2.24) is 9.97 Å². The SMILES string of the molecule is O=C1CC(C(=O)O)Cc2[nH]c(-c3ccnc(NC(=O)C4CC4(F)F)c3)c(Nc3ccccc3)c21. The third-order valence-corrected chi connectivity index (χ3v) is 6.07. The van der Waals surface area contributed by atoms with E-state index in [9.17, 15) is 28.3 Å². The highest BCUT2D eigenvalue weighted by atomic mass is 19.3. The number of aromatic nitrogens is 2. The highest BCUT2D eigenvalue weighted by Gasteiger charge is 2.61. The fraction of sp³-hybridized carbons (Fsp3) is 0.250. The molecule has 34 heavy (non-hydrogen) atoms. The molecule has 1 aromatic carbocycles. The Bertz CT molecular complexity index is 1310. The zero-order valence-corrected chi connectivity index (χ0v) is 17.8. The Hall–Kier alpha value is -4.08. The number of ketones is 1. The second kappa shape index (κ2) is 8.05. The molecule has 2 heterocycles. The van der Waals surface area contributed by atoms with Gasteiger partial charge in [-0.25, -0.2) is 13.8 Å². The Labute approximate surface area is 192 Å². The van der Waals surface area contributed by atoms with Crippen molar-refractivity contribution in [3.05, 3.63) is 59.9 Å². The highest BCUT2D eigenvalue weighted by Crippen LogP contribution is 2.49. The molecule has 8 nitrogen and oxygen atoms in total. The van der Waals surface area contributed by atoms with Gasteiger partial charge < -0.3 is 20.7 Å². The van der Waals surface area contributed by atoms with Crippen LogP contribution >= 0.6 is 0 Å². The summed E-state index contributed by atoms with van der Waals surface area (Å²) in [6.07, 6.45) is 0.978. The molecule has 3 aromatic rings. The summed E-state index contributed by atoms with van der Waals surface area (Å²) in [4.78, 5) is 43.8. The molecule has 0 spiro atoms. The standard InChI is InChI=1S/C24H20F2N4O4/c25-24(26)11-15(24)22(32)30-18-10-12(6-7-27-18)20-21(28-14-4-2-1-3-5-14)19-16(29-20)8-13(23(33)34)9-17(19)31/h1-7,10,13,15,28-29H,8-9,11H2,(H,33,34)(H,27,30,32). The first-order valence-electron chi connectivity index (χ1n) is 10.7. The molecule has 5 rings (SSSR count). The summed E-state index contributed by atoms with van der Waals surface area (Å²) in [5.41, 5.74) is 3.13. The average molecular weight is 466 g/mol. The predicted octanol–water partition coefficient (Wildman–Crippen LogP) is 4.24. The number of hydrogen-bond acceptors (Lipinski definition) is 5. The average Bonchev–Trinajstić information content (AvgIpc) is 3.29. The van der Waals surface area contributed by atoms with Crippen LogP contribution in [0, 0.1) is 11.8 Å². The van der Waals surface area contributed by atoms with Crippen molar-refractivity contribution >= 4 is 34.9 Å². The number of benzene rings is 1. The zero-order valence-electron chi connectivity index (χ0n) is 17.8. The monoisotopic (exact) mass is 466 g/mol. The molecule has 0 radical (unpaired) electrons. The van der Waals surface area contributed by atoms with Gasteiger partial charge in [-0.3, -0.25) is 14.4 Å². The molecule has 1 amide bonds. The Kier molecular flexibility index (Phi) is 5.15. The molecule has 174 valence electrons. The molecule has 4 N–H and O–H groups in total. The maximum Gasteiger partial charge on any atom is 0.307 e. The Morgan fingerprint density at radius 1 is 1.15 bits per heavy atom. The first kappa shape index (κ1) is 21.7. The van der Waals surface area contributed by atoms with Gasteiger partial charge in [0.2, 0.25) is 5.91 Å². The molecular weight excluding hydrogens is 446 g/mol. The van der Waals surface area contributed by atoms with E-state index in [0.29, 0.717) is 28.2 Å². The number of carboxylic acid groups (broad SMARTS) is 1. The fourth-order valence-electron chi connectivity index (χ4n) is 4.20. The molecule has 0 aliphatic heterocycles. The molecule has 0 bridgehead atoms. The van der Waals surface area contributed by atoms with Gasteiger partial charge in [0.15, 0.2) is 5.78 Å². The number of anilines is 3. The Morgan fingerprint density at radius 3 is 2.56 bits per heavy atom. The Morgan fingerprint density at radius 2 is 1.88 bits per heavy atom. The van der Waals surface area contributed by atoms with Crippen LogP contribution in [0.4, 0.5) is 26.0 Å². The van der Waals surface area contributed by atoms with Crippen LogP contribution in [0.2, 0.25) is 0 Å². The van der Waals surface area contributed by atoms with Gasteiger partial charge >= 0.3 is 5.97 Å². The van der Waals surface area contributed by atoms with Crippen LogP contribution in [0.15, 0.2) is 48.7 Å². The lowest BCUT2D eigenvalue weighted by Crippen LogP contribution is -2.26. The number of carbonyl (C=O) groups is 3. The predicted molar refractivity (Wildman–Crippen MR) is 119 cm³/mol. The minimum atomic E-state index is -2.99. The summed E-state index contributed by atoms with van der Waals surface area (Å²) in [5.74, 6) is -7.24. The fourth-order valence-corrected chi connectivity index (χ4v) is 4.20. The zero-order chi connectivity index (χ0) is 24.0. The van der Waals surface area contributed by atoms with Gasteiger partial charge in [0.25, 0.3) is 5.92 Å². The number of carbonyl (C=O) groups excluding carboxylic acids is 2. The van der Waals surface area contributed by atoms with Crippen LogP contribution in [0.1, 0.15) is 28.9 Å². The van der Waals surface area contributed by atoms with Crippen LogP contribution < -0.4 is 10.6 Å². The number of Topliss-reactive ketones (excluding diaryl/α,β-unsaturated/α-hetero) is 1. The molecule has 2 atom stereocenters. The number of carboxylic acids is 1. The second-order valence-corrected chi connectivity index (χ2v) is 8.52. The number of aliphatic carboxylic acids is 1. The maximum absolute atomic E-state index is 13.2. The van der Waals surface area contributed by atoms with Crippen molar-refractivity contribution < 1.29 is 28.3 Å². The smallest absolute Gasteiger partial charge is 0.307 e. The van der Waals surface area contributed by atoms with E-state index < -0.39 is 36.1 Å². The van der Waals surface area contributed by atoms with E-state index in [2.05, 4.69) is 20.6 Å². The molecule has 2 aliphatic carbocycles.